The van der Waals surface area contributed by atoms with E-state index in [1.165, 1.54) is 28.3 Å². The van der Waals surface area contributed by atoms with Gasteiger partial charge in [-0.15, -0.1) is 0 Å². The van der Waals surface area contributed by atoms with Gasteiger partial charge in [0.1, 0.15) is 0 Å². The van der Waals surface area contributed by atoms with Crippen molar-refractivity contribution < 1.29 is 19.2 Å². The van der Waals surface area contributed by atoms with Crippen molar-refractivity contribution in [3.05, 3.63) is 38.3 Å². The van der Waals surface area contributed by atoms with Crippen LogP contribution in [0.1, 0.15) is 25.3 Å². The summed E-state index contributed by atoms with van der Waals surface area (Å²) in [4.78, 5) is 48.4. The number of nitro benzene ring substituents is 1. The number of imide groups is 1. The van der Waals surface area contributed by atoms with Crippen LogP contribution in [0.4, 0.5) is 10.5 Å². The largest absolute Gasteiger partial charge is 0.376 e. The topological polar surface area (TPSA) is 143 Å². The molecule has 3 amide bonds. The van der Waals surface area contributed by atoms with E-state index in [-0.39, 0.29) is 29.6 Å². The fraction of sp³-hybridized carbons (Fsp3) is 0.500. The normalized spacial score (nSPS) is 16.3. The summed E-state index contributed by atoms with van der Waals surface area (Å²) in [6.07, 6.45) is 1.20. The van der Waals surface area contributed by atoms with E-state index < -0.39 is 23.3 Å². The van der Waals surface area contributed by atoms with Gasteiger partial charge in [-0.05, 0) is 25.8 Å². The number of rotatable bonds is 6. The number of likely N-dealkylation sites (N-methyl/N-ethyl adjacent to an activating group) is 1. The number of urea groups is 1. The first-order chi connectivity index (χ1) is 13.8. The number of fused-ring (bicyclic) bond motifs is 1. The molecule has 0 radical (unpaired) electrons. The number of aryl methyl sites for hydroxylation is 1. The molecule has 1 atom stereocenters. The second-order valence-electron chi connectivity index (χ2n) is 6.93. The van der Waals surface area contributed by atoms with Crippen LogP contribution in [-0.2, 0) is 29.0 Å². The van der Waals surface area contributed by atoms with Crippen molar-refractivity contribution in [1.29, 1.82) is 0 Å². The third-order valence-corrected chi connectivity index (χ3v) is 5.22. The van der Waals surface area contributed by atoms with Crippen LogP contribution in [0, 0.1) is 10.1 Å². The molecular formula is C18H23N5O6. The van der Waals surface area contributed by atoms with Gasteiger partial charge in [-0.2, -0.15) is 0 Å². The predicted molar refractivity (Wildman–Crippen MR) is 104 cm³/mol. The summed E-state index contributed by atoms with van der Waals surface area (Å²) in [6, 6.07) is 1.83. The molecule has 11 heteroatoms. The van der Waals surface area contributed by atoms with Crippen LogP contribution in [0.5, 0.6) is 0 Å². The van der Waals surface area contributed by atoms with E-state index in [0.717, 1.165) is 12.8 Å². The Hall–Kier alpha value is -3.21. The summed E-state index contributed by atoms with van der Waals surface area (Å²) < 4.78 is 8.57. The van der Waals surface area contributed by atoms with Crippen molar-refractivity contribution in [2.45, 2.75) is 45.4 Å². The van der Waals surface area contributed by atoms with E-state index in [0.29, 0.717) is 29.1 Å². The van der Waals surface area contributed by atoms with Crippen LogP contribution < -0.4 is 11.4 Å². The first-order valence-electron chi connectivity index (χ1n) is 9.33. The Balaban J connectivity index is 2.20. The third kappa shape index (κ3) is 3.73. The van der Waals surface area contributed by atoms with Gasteiger partial charge in [-0.3, -0.25) is 28.9 Å². The van der Waals surface area contributed by atoms with Crippen LogP contribution in [0.3, 0.4) is 0 Å². The van der Waals surface area contributed by atoms with Gasteiger partial charge >= 0.3 is 11.7 Å². The molecule has 1 aromatic heterocycles. The Morgan fingerprint density at radius 1 is 1.38 bits per heavy atom. The smallest absolute Gasteiger partial charge is 0.329 e. The maximum Gasteiger partial charge on any atom is 0.329 e. The van der Waals surface area contributed by atoms with Crippen molar-refractivity contribution in [2.24, 2.45) is 5.73 Å². The second kappa shape index (κ2) is 8.03. The Morgan fingerprint density at radius 2 is 2.10 bits per heavy atom. The quantitative estimate of drug-likeness (QED) is 0.561. The zero-order chi connectivity index (χ0) is 21.3. The Bertz CT molecular complexity index is 1030. The molecule has 11 nitrogen and oxygen atoms in total. The van der Waals surface area contributed by atoms with E-state index in [1.54, 1.807) is 6.92 Å². The van der Waals surface area contributed by atoms with E-state index in [4.69, 9.17) is 10.5 Å². The van der Waals surface area contributed by atoms with Gasteiger partial charge in [0.05, 0.1) is 40.6 Å². The van der Waals surface area contributed by atoms with Crippen LogP contribution in [-0.4, -0.2) is 50.7 Å². The van der Waals surface area contributed by atoms with Gasteiger partial charge in [0.2, 0.25) is 5.91 Å². The SMILES string of the molecule is CCn1c(=O)n(CC2CCCO2)c2ccc([N+](=O)[O-])c(CC(=O)N(C)C(N)=O)c21. The number of hydrogen-bond acceptors (Lipinski definition) is 6. The first kappa shape index (κ1) is 20.5. The van der Waals surface area contributed by atoms with Crippen LogP contribution in [0.15, 0.2) is 16.9 Å². The Kier molecular flexibility index (Phi) is 5.69. The number of nitrogens with zero attached hydrogens (tertiary/aromatic N) is 4. The number of ether oxygens (including phenoxy) is 1. The molecule has 0 saturated carbocycles. The highest BCUT2D eigenvalue weighted by Gasteiger charge is 2.28. The van der Waals surface area contributed by atoms with Gasteiger partial charge in [0.15, 0.2) is 0 Å². The molecule has 1 fully saturated rings. The molecule has 1 aromatic carbocycles. The van der Waals surface area contributed by atoms with Crippen molar-refractivity contribution in [3.63, 3.8) is 0 Å². The zero-order valence-electron chi connectivity index (χ0n) is 16.3. The summed E-state index contributed by atoms with van der Waals surface area (Å²) in [5, 5.41) is 11.6. The number of imidazole rings is 1. The fourth-order valence-corrected chi connectivity index (χ4v) is 3.68. The van der Waals surface area contributed by atoms with Crippen LogP contribution >= 0.6 is 0 Å². The highest BCUT2D eigenvalue weighted by Crippen LogP contribution is 2.29. The summed E-state index contributed by atoms with van der Waals surface area (Å²) in [7, 11) is 1.20. The first-order valence-corrected chi connectivity index (χ1v) is 9.33. The average molecular weight is 405 g/mol. The lowest BCUT2D eigenvalue weighted by Gasteiger charge is -2.14. The van der Waals surface area contributed by atoms with E-state index >= 15 is 0 Å². The molecule has 156 valence electrons. The Morgan fingerprint density at radius 3 is 2.66 bits per heavy atom. The van der Waals surface area contributed by atoms with Gasteiger partial charge < -0.3 is 10.5 Å². The zero-order valence-corrected chi connectivity index (χ0v) is 16.3. The molecule has 0 bridgehead atoms. The maximum absolute atomic E-state index is 13.0. The number of carbonyl (C=O) groups excluding carboxylic acids is 2. The van der Waals surface area contributed by atoms with E-state index in [9.17, 15) is 24.5 Å². The van der Waals surface area contributed by atoms with Gasteiger partial charge in [-0.1, -0.05) is 0 Å². The maximum atomic E-state index is 13.0. The minimum atomic E-state index is -0.964. The molecule has 2 aromatic rings. The van der Waals surface area contributed by atoms with Gasteiger partial charge in [0, 0.05) is 26.3 Å². The average Bonchev–Trinajstić information content (AvgIpc) is 3.28. The molecular weight excluding hydrogens is 382 g/mol. The number of aromatic nitrogens is 2. The lowest BCUT2D eigenvalue weighted by molar-refractivity contribution is -0.385. The number of primary amides is 1. The molecule has 3 rings (SSSR count). The van der Waals surface area contributed by atoms with E-state index in [2.05, 4.69) is 0 Å². The van der Waals surface area contributed by atoms with Gasteiger partial charge in [-0.25, -0.2) is 9.59 Å². The van der Waals surface area contributed by atoms with E-state index in [1.807, 2.05) is 0 Å². The Labute approximate surface area is 165 Å². The molecule has 1 aliphatic heterocycles. The summed E-state index contributed by atoms with van der Waals surface area (Å²) >= 11 is 0. The molecule has 29 heavy (non-hydrogen) atoms. The molecule has 0 spiro atoms. The fourth-order valence-electron chi connectivity index (χ4n) is 3.68. The summed E-state index contributed by atoms with van der Waals surface area (Å²) in [5.74, 6) is -0.699. The minimum absolute atomic E-state index is 0.0793. The molecule has 1 saturated heterocycles. The molecule has 1 unspecified atom stereocenters. The lowest BCUT2D eigenvalue weighted by Crippen LogP contribution is -2.38. The summed E-state index contributed by atoms with van der Waals surface area (Å²) in [6.45, 7) is 2.98. The third-order valence-electron chi connectivity index (χ3n) is 5.22. The monoisotopic (exact) mass is 405 g/mol. The second-order valence-corrected chi connectivity index (χ2v) is 6.93. The number of hydrogen-bond donors (Lipinski definition) is 1. The summed E-state index contributed by atoms with van der Waals surface area (Å²) in [5.41, 5.74) is 5.40. The number of amides is 3. The van der Waals surface area contributed by atoms with Crippen LogP contribution in [0.2, 0.25) is 0 Å². The van der Waals surface area contributed by atoms with Crippen molar-refractivity contribution >= 4 is 28.7 Å². The van der Waals surface area contributed by atoms with Crippen molar-refractivity contribution in [3.8, 4) is 0 Å². The number of benzene rings is 1. The molecule has 0 aliphatic carbocycles. The minimum Gasteiger partial charge on any atom is -0.376 e. The number of nitrogens with two attached hydrogens (primary N) is 1. The highest BCUT2D eigenvalue weighted by atomic mass is 16.6. The standard InChI is InChI=1S/C18H23N5O6/c1-3-21-16-12(9-15(24)20(2)17(19)25)13(23(27)28)6-7-14(16)22(18(21)26)10-11-5-4-8-29-11/h6-7,11H,3-5,8-10H2,1-2H3,(H2,19,25). The lowest BCUT2D eigenvalue weighted by atomic mass is 10.1. The molecule has 1 aliphatic rings. The van der Waals surface area contributed by atoms with Crippen molar-refractivity contribution in [1.82, 2.24) is 14.0 Å². The number of carbonyl (C=O) groups is 2. The predicted octanol–water partition coefficient (Wildman–Crippen LogP) is 0.990. The number of nitro groups is 1. The van der Waals surface area contributed by atoms with Gasteiger partial charge in [0.25, 0.3) is 5.69 Å². The molecule has 2 heterocycles. The molecule has 2 N–H and O–H groups in total. The van der Waals surface area contributed by atoms with Crippen molar-refractivity contribution in [2.75, 3.05) is 13.7 Å². The van der Waals surface area contributed by atoms with Crippen LogP contribution in [0.25, 0.3) is 11.0 Å². The highest BCUT2D eigenvalue weighted by molar-refractivity contribution is 5.97.